The molecule has 0 N–H and O–H groups in total. The number of carbonyl (C=O) groups excluding carboxylic acids is 1. The highest BCUT2D eigenvalue weighted by molar-refractivity contribution is 7.98. The van der Waals surface area contributed by atoms with Crippen molar-refractivity contribution in [2.45, 2.75) is 11.6 Å². The normalized spacial score (nSPS) is 10.9. The Hall–Kier alpha value is -2.43. The van der Waals surface area contributed by atoms with E-state index in [9.17, 15) is 14.9 Å². The smallest absolute Gasteiger partial charge is 0.368 e. The van der Waals surface area contributed by atoms with Crippen molar-refractivity contribution < 1.29 is 14.5 Å². The van der Waals surface area contributed by atoms with Crippen LogP contribution in [0.5, 0.6) is 11.6 Å². The minimum Gasteiger partial charge on any atom is -0.434 e. The topological polar surface area (TPSA) is 102 Å². The van der Waals surface area contributed by atoms with Gasteiger partial charge >= 0.3 is 11.6 Å². The molecule has 0 saturated heterocycles. The molecule has 9 nitrogen and oxygen atoms in total. The summed E-state index contributed by atoms with van der Waals surface area (Å²) in [6, 6.07) is 5.04. The van der Waals surface area contributed by atoms with E-state index in [0.29, 0.717) is 12.0 Å². The van der Waals surface area contributed by atoms with Gasteiger partial charge in [0.2, 0.25) is 5.15 Å². The van der Waals surface area contributed by atoms with E-state index < -0.39 is 10.6 Å². The summed E-state index contributed by atoms with van der Waals surface area (Å²) in [7, 11) is 7.19. The van der Waals surface area contributed by atoms with Gasteiger partial charge in [-0.25, -0.2) is 4.98 Å². The average Bonchev–Trinajstić information content (AvgIpc) is 2.64. The molecule has 1 amide bonds. The number of benzene rings is 1. The number of amides is 1. The predicted molar refractivity (Wildman–Crippen MR) is 112 cm³/mol. The largest absolute Gasteiger partial charge is 0.434 e. The minimum atomic E-state index is -0.691. The highest BCUT2D eigenvalue weighted by Crippen LogP contribution is 2.36. The first-order valence-corrected chi connectivity index (χ1v) is 10.2. The lowest BCUT2D eigenvalue weighted by molar-refractivity contribution is -0.386. The number of carbonyl (C=O) groups is 1. The molecule has 0 fully saturated rings. The third kappa shape index (κ3) is 6.02. The molecule has 0 unspecified atom stereocenters. The lowest BCUT2D eigenvalue weighted by Crippen LogP contribution is -2.22. The van der Waals surface area contributed by atoms with Crippen molar-refractivity contribution in [1.82, 2.24) is 19.8 Å². The van der Waals surface area contributed by atoms with E-state index in [1.165, 1.54) is 22.7 Å². The lowest BCUT2D eigenvalue weighted by atomic mass is 10.1. The number of hydrogen-bond acceptors (Lipinski definition) is 8. The maximum absolute atomic E-state index is 12.5. The number of thioether (sulfide) groups is 1. The molecule has 1 aromatic heterocycles. The first kappa shape index (κ1) is 22.9. The van der Waals surface area contributed by atoms with Crippen molar-refractivity contribution in [1.29, 1.82) is 0 Å². The summed E-state index contributed by atoms with van der Waals surface area (Å²) in [5.74, 6) is -0.217. The number of ether oxygens (including phenoxy) is 1. The summed E-state index contributed by atoms with van der Waals surface area (Å²) in [5, 5.41) is 11.4. The molecule has 29 heavy (non-hydrogen) atoms. The minimum absolute atomic E-state index is 0.207. The molecular weight excluding hydrogens is 418 g/mol. The molecule has 1 aromatic carbocycles. The van der Waals surface area contributed by atoms with Gasteiger partial charge in [0.05, 0.1) is 4.92 Å². The van der Waals surface area contributed by atoms with Gasteiger partial charge in [-0.1, -0.05) is 23.4 Å². The standard InChI is InChI=1S/C18H22ClN5O4S/c1-22(2)7-6-11-8-12(17(25)23(3)4)10-13(9-11)28-16-14(24(26)27)15(19)20-18(21-16)29-5/h8-10H,6-7H2,1-5H3. The Kier molecular flexibility index (Phi) is 7.77. The van der Waals surface area contributed by atoms with E-state index in [0.717, 1.165) is 12.1 Å². The van der Waals surface area contributed by atoms with Crippen LogP contribution in [0, 0.1) is 10.1 Å². The van der Waals surface area contributed by atoms with Crippen LogP contribution in [-0.4, -0.2) is 71.6 Å². The molecule has 0 aliphatic heterocycles. The number of hydrogen-bond donors (Lipinski definition) is 0. The van der Waals surface area contributed by atoms with Crippen LogP contribution in [0.4, 0.5) is 5.69 Å². The molecule has 0 aliphatic rings. The SMILES string of the molecule is CSc1nc(Cl)c([N+](=O)[O-])c(Oc2cc(CCN(C)C)cc(C(=O)N(C)C)c2)n1. The first-order chi connectivity index (χ1) is 13.6. The van der Waals surface area contributed by atoms with Crippen LogP contribution in [-0.2, 0) is 6.42 Å². The second-order valence-electron chi connectivity index (χ2n) is 6.63. The van der Waals surface area contributed by atoms with E-state index in [1.807, 2.05) is 19.0 Å². The fourth-order valence-corrected chi connectivity index (χ4v) is 3.05. The van der Waals surface area contributed by atoms with Crippen LogP contribution >= 0.6 is 23.4 Å². The lowest BCUT2D eigenvalue weighted by Gasteiger charge is -2.15. The molecule has 0 aliphatic carbocycles. The van der Waals surface area contributed by atoms with Crippen LogP contribution in [0.3, 0.4) is 0 Å². The van der Waals surface area contributed by atoms with Gasteiger partial charge in [-0.2, -0.15) is 4.98 Å². The summed E-state index contributed by atoms with van der Waals surface area (Å²) in [5.41, 5.74) is 0.743. The molecule has 11 heteroatoms. The molecule has 0 atom stereocenters. The van der Waals surface area contributed by atoms with Gasteiger partial charge in [0.15, 0.2) is 5.16 Å². The third-order valence-corrected chi connectivity index (χ3v) is 4.65. The second-order valence-corrected chi connectivity index (χ2v) is 7.76. The van der Waals surface area contributed by atoms with Crippen molar-refractivity contribution in [2.75, 3.05) is 41.0 Å². The van der Waals surface area contributed by atoms with Gasteiger partial charge in [0, 0.05) is 26.2 Å². The Morgan fingerprint density at radius 1 is 1.24 bits per heavy atom. The van der Waals surface area contributed by atoms with Gasteiger partial charge in [-0.15, -0.1) is 0 Å². The Morgan fingerprint density at radius 2 is 1.93 bits per heavy atom. The zero-order chi connectivity index (χ0) is 21.7. The molecular formula is C18H22ClN5O4S. The van der Waals surface area contributed by atoms with Crippen LogP contribution in [0.2, 0.25) is 5.15 Å². The maximum atomic E-state index is 12.5. The fraction of sp³-hybridized carbons (Fsp3) is 0.389. The molecule has 1 heterocycles. The summed E-state index contributed by atoms with van der Waals surface area (Å²) in [6.07, 6.45) is 2.39. The molecule has 0 radical (unpaired) electrons. The first-order valence-electron chi connectivity index (χ1n) is 8.56. The van der Waals surface area contributed by atoms with Crippen LogP contribution in [0.25, 0.3) is 0 Å². The van der Waals surface area contributed by atoms with Crippen molar-refractivity contribution in [3.05, 3.63) is 44.6 Å². The number of nitrogens with zero attached hydrogens (tertiary/aromatic N) is 5. The summed E-state index contributed by atoms with van der Waals surface area (Å²) in [6.45, 7) is 0.759. The molecule has 156 valence electrons. The maximum Gasteiger partial charge on any atom is 0.368 e. The summed E-state index contributed by atoms with van der Waals surface area (Å²) in [4.78, 5) is 34.6. The fourth-order valence-electron chi connectivity index (χ4n) is 2.42. The van der Waals surface area contributed by atoms with E-state index in [-0.39, 0.29) is 27.8 Å². The summed E-state index contributed by atoms with van der Waals surface area (Å²) >= 11 is 7.14. The van der Waals surface area contributed by atoms with E-state index in [1.54, 1.807) is 32.5 Å². The van der Waals surface area contributed by atoms with Gasteiger partial charge in [-0.05, 0) is 50.5 Å². The second kappa shape index (κ2) is 9.86. The zero-order valence-corrected chi connectivity index (χ0v) is 18.4. The number of likely N-dealkylation sites (N-methyl/N-ethyl adjacent to an activating group) is 1. The van der Waals surface area contributed by atoms with E-state index in [2.05, 4.69) is 9.97 Å². The van der Waals surface area contributed by atoms with Gasteiger partial charge in [0.25, 0.3) is 5.91 Å². The van der Waals surface area contributed by atoms with Gasteiger partial charge in [-0.3, -0.25) is 14.9 Å². The van der Waals surface area contributed by atoms with E-state index in [4.69, 9.17) is 16.3 Å². The van der Waals surface area contributed by atoms with Crippen molar-refractivity contribution in [2.24, 2.45) is 0 Å². The number of halogens is 1. The Bertz CT molecular complexity index is 923. The zero-order valence-electron chi connectivity index (χ0n) is 16.8. The van der Waals surface area contributed by atoms with Gasteiger partial charge in [0.1, 0.15) is 5.75 Å². The number of nitro groups is 1. The molecule has 2 rings (SSSR count). The molecule has 0 saturated carbocycles. The Balaban J connectivity index is 2.52. The average molecular weight is 440 g/mol. The molecule has 0 spiro atoms. The monoisotopic (exact) mass is 439 g/mol. The highest BCUT2D eigenvalue weighted by Gasteiger charge is 2.26. The van der Waals surface area contributed by atoms with Gasteiger partial charge < -0.3 is 14.5 Å². The Labute approximate surface area is 178 Å². The van der Waals surface area contributed by atoms with Crippen LogP contribution in [0.15, 0.2) is 23.4 Å². The molecule has 0 bridgehead atoms. The number of rotatable bonds is 8. The van der Waals surface area contributed by atoms with Crippen molar-refractivity contribution in [3.63, 3.8) is 0 Å². The number of aromatic nitrogens is 2. The highest BCUT2D eigenvalue weighted by atomic mass is 35.5. The van der Waals surface area contributed by atoms with Crippen molar-refractivity contribution in [3.8, 4) is 11.6 Å². The van der Waals surface area contributed by atoms with Crippen LogP contribution in [0.1, 0.15) is 15.9 Å². The van der Waals surface area contributed by atoms with Crippen molar-refractivity contribution >= 4 is 35.0 Å². The predicted octanol–water partition coefficient (Wildman–Crippen LogP) is 3.36. The van der Waals surface area contributed by atoms with Crippen LogP contribution < -0.4 is 4.74 Å². The van der Waals surface area contributed by atoms with E-state index >= 15 is 0 Å². The molecule has 2 aromatic rings. The Morgan fingerprint density at radius 3 is 2.48 bits per heavy atom. The summed E-state index contributed by atoms with van der Waals surface area (Å²) < 4.78 is 5.74. The third-order valence-electron chi connectivity index (χ3n) is 3.84. The quantitative estimate of drug-likeness (QED) is 0.203.